The minimum atomic E-state index is -1.75. The number of nitrogens with zero attached hydrogens (tertiary/aromatic N) is 8. The molecule has 0 aliphatic heterocycles. The largest absolute Gasteiger partial charge is 0.679 e. The van der Waals surface area contributed by atoms with Gasteiger partial charge in [0.1, 0.15) is 0 Å². The van der Waals surface area contributed by atoms with Crippen LogP contribution in [0, 0.1) is 30.6 Å². The van der Waals surface area contributed by atoms with Crippen LogP contribution in [-0.4, -0.2) is 95.0 Å². The van der Waals surface area contributed by atoms with Crippen molar-refractivity contribution < 1.29 is 47.7 Å². The molecule has 4 aromatic carbocycles. The number of nitrogens with one attached hydrogen (secondary N) is 4. The third-order valence-electron chi connectivity index (χ3n) is 8.82. The summed E-state index contributed by atoms with van der Waals surface area (Å²) >= 11 is 3.22. The molecule has 0 fully saturated rings. The summed E-state index contributed by atoms with van der Waals surface area (Å²) < 4.78 is 0. The van der Waals surface area contributed by atoms with Gasteiger partial charge < -0.3 is 74.2 Å². The number of pyridine rings is 2. The predicted molar refractivity (Wildman–Crippen MR) is 269 cm³/mol. The number of halogens is 2. The smallest absolute Gasteiger partial charge is 0.0916 e. The minimum Gasteiger partial charge on any atom is -0.679 e. The third kappa shape index (κ3) is 27.1. The van der Waals surface area contributed by atoms with Crippen LogP contribution in [0.4, 0.5) is 0 Å². The normalized spacial score (nSPS) is 9.36. The Bertz CT molecular complexity index is 2010. The summed E-state index contributed by atoms with van der Waals surface area (Å²) in [6.45, 7) is 6.40. The van der Waals surface area contributed by atoms with Crippen molar-refractivity contribution in [3.05, 3.63) is 173 Å². The van der Waals surface area contributed by atoms with E-state index in [0.717, 1.165) is 67.3 Å². The number of benzene rings is 4. The van der Waals surface area contributed by atoms with Crippen LogP contribution < -0.4 is 0 Å². The van der Waals surface area contributed by atoms with E-state index in [1.165, 1.54) is 32.7 Å². The zero-order chi connectivity index (χ0) is 49.7. The molecule has 0 spiro atoms. The van der Waals surface area contributed by atoms with Crippen molar-refractivity contribution in [1.29, 1.82) is 0 Å². The average molecular weight is 1310 g/mol. The molecule has 0 atom stereocenters. The fourth-order valence-electron chi connectivity index (χ4n) is 5.79. The SMILES string of the molecule is C.CC(=[N-])N(C)CCCc1c2ccccc2nc2ccccc12.CC(=[N-])N(C)CCCc1c2ccccc2nc2ccccc12.O=[N+]([O-])[O-].O=[N+]([O-])[O-].[Cl][Pt].[Cl][Pt].[NH-]CCC[NH-].[NH-]CC[NH-]. The number of hydrogen-bond acceptors (Lipinski definition) is 8. The Hall–Kier alpha value is -4.64. The molecule has 18 nitrogen and oxygen atoms in total. The van der Waals surface area contributed by atoms with Crippen LogP contribution in [0.15, 0.2) is 97.1 Å². The maximum absolute atomic E-state index is 9.49. The second-order valence-corrected chi connectivity index (χ2v) is 13.2. The van der Waals surface area contributed by atoms with Gasteiger partial charge in [-0.25, -0.2) is 9.97 Å². The van der Waals surface area contributed by atoms with Gasteiger partial charge in [-0.2, -0.15) is 26.2 Å². The van der Waals surface area contributed by atoms with E-state index in [-0.39, 0.29) is 20.5 Å². The van der Waals surface area contributed by atoms with Gasteiger partial charge >= 0.3 is 56.4 Å². The number of hydrogen-bond donors (Lipinski definition) is 0. The molecule has 2 heterocycles. The Kier molecular flexibility index (Phi) is 40.4. The first kappa shape index (κ1) is 65.6. The van der Waals surface area contributed by atoms with E-state index in [4.69, 9.17) is 63.5 Å². The molecular formula is C44H58Cl2N12O6Pt2-8. The molecule has 0 bridgehead atoms. The molecule has 0 radical (unpaired) electrons. The topological polar surface area (TPSA) is 304 Å². The molecule has 0 aliphatic rings. The van der Waals surface area contributed by atoms with Crippen LogP contribution >= 0.6 is 18.8 Å². The fourth-order valence-corrected chi connectivity index (χ4v) is 5.79. The molecule has 4 N–H and O–H groups in total. The molecular weight excluding hydrogens is 1250 g/mol. The molecule has 0 saturated heterocycles. The fraction of sp³-hybridized carbons (Fsp3) is 0.364. The van der Waals surface area contributed by atoms with Crippen LogP contribution in [0.3, 0.4) is 0 Å². The van der Waals surface area contributed by atoms with E-state index in [1.54, 1.807) is 51.4 Å². The Morgan fingerprint density at radius 1 is 0.530 bits per heavy atom. The van der Waals surface area contributed by atoms with Crippen LogP contribution in [0.5, 0.6) is 0 Å². The summed E-state index contributed by atoms with van der Waals surface area (Å²) in [5, 5.41) is 53.4. The van der Waals surface area contributed by atoms with Gasteiger partial charge in [0.2, 0.25) is 0 Å². The molecule has 0 unspecified atom stereocenters. The predicted octanol–water partition coefficient (Wildman–Crippen LogP) is 12.6. The van der Waals surface area contributed by atoms with Gasteiger partial charge in [0.25, 0.3) is 0 Å². The first-order valence-corrected chi connectivity index (χ1v) is 25.2. The van der Waals surface area contributed by atoms with Crippen LogP contribution in [0.1, 0.15) is 51.7 Å². The number of amidine groups is 2. The van der Waals surface area contributed by atoms with Crippen molar-refractivity contribution >= 4 is 74.1 Å². The van der Waals surface area contributed by atoms with Crippen molar-refractivity contribution in [3.63, 3.8) is 0 Å². The monoisotopic (exact) mass is 1310 g/mol. The van der Waals surface area contributed by atoms with E-state index < -0.39 is 10.2 Å². The molecule has 2 aromatic heterocycles. The standard InChI is InChI=1S/2C19H20N3.C3H8N2.C2H6N2.CH4.2ClH.2NO3.2Pt/c2*1-14(20)22(2)13-7-10-15-16-8-3-5-11-18(16)21-19-12-6-4-9-17(15)19;4-2-1-3-5;3-1-2-4;;;;2*2-1(3)4;;/h2*3-6,8-9,11-12H,7,10,13H2,1-2H3;4-5H,1-3H2;3-4H,1-2H2;1H4;2*1H;;;;/q2*-1;2*-2;;;;2*-1;2*+1/p-2. The summed E-state index contributed by atoms with van der Waals surface area (Å²) in [6, 6.07) is 33.3. The number of rotatable bonds is 11. The number of aryl methyl sites for hydroxylation is 2. The first-order chi connectivity index (χ1) is 31.1. The van der Waals surface area contributed by atoms with Crippen molar-refractivity contribution in [3.8, 4) is 0 Å². The van der Waals surface area contributed by atoms with E-state index in [1.807, 2.05) is 48.2 Å². The van der Waals surface area contributed by atoms with Gasteiger partial charge in [-0.15, -0.1) is 0 Å². The van der Waals surface area contributed by atoms with Crippen molar-refractivity contribution in [1.82, 2.24) is 19.8 Å². The van der Waals surface area contributed by atoms with Crippen molar-refractivity contribution in [2.24, 2.45) is 0 Å². The first-order valence-electron chi connectivity index (χ1n) is 19.6. The van der Waals surface area contributed by atoms with Gasteiger partial charge in [0.15, 0.2) is 0 Å². The van der Waals surface area contributed by atoms with Gasteiger partial charge in [0.05, 0.1) is 32.2 Å². The van der Waals surface area contributed by atoms with E-state index >= 15 is 0 Å². The molecule has 6 aromatic rings. The van der Waals surface area contributed by atoms with E-state index in [9.17, 15) is 10.8 Å². The zero-order valence-electron chi connectivity index (χ0n) is 36.4. The van der Waals surface area contributed by atoms with Crippen LogP contribution in [0.2, 0.25) is 0 Å². The molecule has 372 valence electrons. The number of fused-ring (bicyclic) bond motifs is 4. The summed E-state index contributed by atoms with van der Waals surface area (Å²) in [5.41, 5.74) is 32.4. The Labute approximate surface area is 418 Å². The summed E-state index contributed by atoms with van der Waals surface area (Å²) in [7, 11) is 13.1. The summed E-state index contributed by atoms with van der Waals surface area (Å²) in [4.78, 5) is 29.8. The molecule has 6 rings (SSSR count). The van der Waals surface area contributed by atoms with Gasteiger partial charge in [-0.1, -0.05) is 125 Å². The van der Waals surface area contributed by atoms with E-state index in [0.29, 0.717) is 24.8 Å². The maximum Gasteiger partial charge on any atom is -0.0916 e. The average Bonchev–Trinajstić information content (AvgIpc) is 3.30. The second kappa shape index (κ2) is 40.6. The van der Waals surface area contributed by atoms with E-state index in [2.05, 4.69) is 91.6 Å². The second-order valence-electron chi connectivity index (χ2n) is 13.2. The molecule has 0 amide bonds. The minimum absolute atomic E-state index is 0. The van der Waals surface area contributed by atoms with Crippen LogP contribution in [0.25, 0.3) is 77.4 Å². The molecule has 22 heteroatoms. The molecule has 0 aliphatic carbocycles. The molecule has 0 saturated carbocycles. The Morgan fingerprint density at radius 3 is 0.939 bits per heavy atom. The quantitative estimate of drug-likeness (QED) is 0.0388. The number of para-hydroxylation sites is 4. The third-order valence-corrected chi connectivity index (χ3v) is 8.82. The number of aromatic nitrogens is 2. The molecule has 66 heavy (non-hydrogen) atoms. The zero-order valence-corrected chi connectivity index (χ0v) is 42.5. The summed E-state index contributed by atoms with van der Waals surface area (Å²) in [5.74, 6) is 0.730. The maximum atomic E-state index is 9.49. The van der Waals surface area contributed by atoms with Crippen molar-refractivity contribution in [2.75, 3.05) is 53.4 Å². The Balaban J connectivity index is -0.000000840. The van der Waals surface area contributed by atoms with Gasteiger partial charge in [-0.3, -0.25) is 0 Å². The van der Waals surface area contributed by atoms with Crippen LogP contribution in [-0.2, 0) is 50.4 Å². The van der Waals surface area contributed by atoms with Gasteiger partial charge in [0, 0.05) is 21.5 Å². The Morgan fingerprint density at radius 2 is 0.758 bits per heavy atom. The van der Waals surface area contributed by atoms with Gasteiger partial charge in [-0.05, 0) is 74.9 Å². The summed E-state index contributed by atoms with van der Waals surface area (Å²) in [6.07, 6.45) is 4.65. The van der Waals surface area contributed by atoms with Crippen molar-refractivity contribution in [2.45, 2.75) is 53.4 Å².